The van der Waals surface area contributed by atoms with Crippen LogP contribution >= 0.6 is 0 Å². The minimum absolute atomic E-state index is 0.00432. The van der Waals surface area contributed by atoms with Gasteiger partial charge in [-0.3, -0.25) is 14.4 Å². The smallest absolute Gasteiger partial charge is 0.311 e. The SMILES string of the molecule is COc1ccc(C(=O)CCC(=O)N2C[C@@H]3CCC[C@@]3(C(=O)O)C2)cc1F. The summed E-state index contributed by atoms with van der Waals surface area (Å²) in [6.45, 7) is 0.660. The number of methoxy groups -OCH3 is 1. The van der Waals surface area contributed by atoms with Crippen molar-refractivity contribution < 1.29 is 28.6 Å². The van der Waals surface area contributed by atoms with Gasteiger partial charge in [0.15, 0.2) is 17.3 Å². The molecule has 2 fully saturated rings. The lowest BCUT2D eigenvalue weighted by molar-refractivity contribution is -0.149. The topological polar surface area (TPSA) is 83.9 Å². The third kappa shape index (κ3) is 3.18. The van der Waals surface area contributed by atoms with Crippen LogP contribution < -0.4 is 4.74 Å². The molecule has 140 valence electrons. The molecule has 2 atom stereocenters. The number of hydrogen-bond acceptors (Lipinski definition) is 4. The lowest BCUT2D eigenvalue weighted by atomic mass is 9.81. The first-order valence-corrected chi connectivity index (χ1v) is 8.75. The van der Waals surface area contributed by atoms with Crippen molar-refractivity contribution in [2.45, 2.75) is 32.1 Å². The highest BCUT2D eigenvalue weighted by Gasteiger charge is 2.55. The van der Waals surface area contributed by atoms with Gasteiger partial charge >= 0.3 is 5.97 Å². The Balaban J connectivity index is 1.58. The number of carbonyl (C=O) groups is 3. The van der Waals surface area contributed by atoms with Gasteiger partial charge < -0.3 is 14.7 Å². The van der Waals surface area contributed by atoms with E-state index in [2.05, 4.69) is 0 Å². The van der Waals surface area contributed by atoms with Gasteiger partial charge in [0.05, 0.1) is 12.5 Å². The number of halogens is 1. The molecule has 7 heteroatoms. The number of fused-ring (bicyclic) bond motifs is 1. The molecule has 0 bridgehead atoms. The molecule has 1 saturated heterocycles. The molecule has 2 aliphatic rings. The van der Waals surface area contributed by atoms with E-state index in [1.807, 2.05) is 0 Å². The van der Waals surface area contributed by atoms with Crippen LogP contribution in [0.4, 0.5) is 4.39 Å². The molecule has 1 amide bonds. The molecule has 1 aliphatic carbocycles. The number of Topliss-reactive ketones (excluding diaryl/α,β-unsaturated/α-hetero) is 1. The number of ether oxygens (including phenoxy) is 1. The van der Waals surface area contributed by atoms with E-state index in [-0.39, 0.29) is 48.3 Å². The number of carboxylic acids is 1. The van der Waals surface area contributed by atoms with Crippen molar-refractivity contribution in [2.75, 3.05) is 20.2 Å². The number of likely N-dealkylation sites (tertiary alicyclic amines) is 1. The van der Waals surface area contributed by atoms with Gasteiger partial charge in [-0.1, -0.05) is 6.42 Å². The van der Waals surface area contributed by atoms with Crippen molar-refractivity contribution in [3.05, 3.63) is 29.6 Å². The van der Waals surface area contributed by atoms with E-state index in [1.165, 1.54) is 19.2 Å². The van der Waals surface area contributed by atoms with Gasteiger partial charge in [0.2, 0.25) is 5.91 Å². The van der Waals surface area contributed by atoms with Gasteiger partial charge in [-0.25, -0.2) is 4.39 Å². The Morgan fingerprint density at radius 3 is 2.73 bits per heavy atom. The normalized spacial score (nSPS) is 24.4. The van der Waals surface area contributed by atoms with E-state index >= 15 is 0 Å². The van der Waals surface area contributed by atoms with E-state index in [0.717, 1.165) is 18.9 Å². The molecule has 0 radical (unpaired) electrons. The van der Waals surface area contributed by atoms with Gasteiger partial charge in [-0.15, -0.1) is 0 Å². The van der Waals surface area contributed by atoms with Gasteiger partial charge in [0.25, 0.3) is 0 Å². The second-order valence-corrected chi connectivity index (χ2v) is 7.10. The number of rotatable bonds is 6. The van der Waals surface area contributed by atoms with E-state index in [0.29, 0.717) is 13.0 Å². The predicted molar refractivity (Wildman–Crippen MR) is 90.5 cm³/mol. The van der Waals surface area contributed by atoms with Crippen LogP contribution in [-0.2, 0) is 9.59 Å². The fourth-order valence-corrected chi connectivity index (χ4v) is 4.19. The van der Waals surface area contributed by atoms with Crippen molar-refractivity contribution in [1.29, 1.82) is 0 Å². The first kappa shape index (κ1) is 18.4. The van der Waals surface area contributed by atoms with Gasteiger partial charge in [-0.05, 0) is 37.0 Å². The molecule has 0 aromatic heterocycles. The molecular weight excluding hydrogens is 341 g/mol. The summed E-state index contributed by atoms with van der Waals surface area (Å²) >= 11 is 0. The Bertz CT molecular complexity index is 749. The molecule has 26 heavy (non-hydrogen) atoms. The fourth-order valence-electron chi connectivity index (χ4n) is 4.19. The summed E-state index contributed by atoms with van der Waals surface area (Å²) in [5.41, 5.74) is -0.630. The van der Waals surface area contributed by atoms with Crippen molar-refractivity contribution in [3.63, 3.8) is 0 Å². The van der Waals surface area contributed by atoms with E-state index < -0.39 is 17.2 Å². The number of amides is 1. The maximum atomic E-state index is 13.7. The van der Waals surface area contributed by atoms with Crippen LogP contribution in [0, 0.1) is 17.2 Å². The van der Waals surface area contributed by atoms with Crippen LogP contribution in [0.2, 0.25) is 0 Å². The average molecular weight is 363 g/mol. The number of ketones is 1. The first-order valence-electron chi connectivity index (χ1n) is 8.75. The minimum atomic E-state index is -0.833. The first-order chi connectivity index (χ1) is 12.4. The summed E-state index contributed by atoms with van der Waals surface area (Å²) in [7, 11) is 1.34. The summed E-state index contributed by atoms with van der Waals surface area (Å²) in [5, 5.41) is 9.57. The van der Waals surface area contributed by atoms with Crippen LogP contribution in [0.1, 0.15) is 42.5 Å². The number of hydrogen-bond donors (Lipinski definition) is 1. The highest BCUT2D eigenvalue weighted by atomic mass is 19.1. The van der Waals surface area contributed by atoms with Gasteiger partial charge in [0, 0.05) is 31.5 Å². The number of aliphatic carboxylic acids is 1. The molecule has 6 nitrogen and oxygen atoms in total. The van der Waals surface area contributed by atoms with E-state index in [4.69, 9.17) is 4.74 Å². The molecule has 0 unspecified atom stereocenters. The molecule has 0 spiro atoms. The van der Waals surface area contributed by atoms with Crippen molar-refractivity contribution in [1.82, 2.24) is 4.90 Å². The van der Waals surface area contributed by atoms with Gasteiger partial charge in [-0.2, -0.15) is 0 Å². The van der Waals surface area contributed by atoms with Gasteiger partial charge in [0.1, 0.15) is 0 Å². The quantitative estimate of drug-likeness (QED) is 0.785. The lowest BCUT2D eigenvalue weighted by Crippen LogP contribution is -2.37. The van der Waals surface area contributed by atoms with Crippen LogP contribution in [0.3, 0.4) is 0 Å². The third-order valence-corrected chi connectivity index (χ3v) is 5.69. The Morgan fingerprint density at radius 1 is 1.35 bits per heavy atom. The number of carboxylic acid groups (broad SMARTS) is 1. The number of benzene rings is 1. The summed E-state index contributed by atoms with van der Waals surface area (Å²) < 4.78 is 18.5. The van der Waals surface area contributed by atoms with Crippen LogP contribution in [-0.4, -0.2) is 47.9 Å². The highest BCUT2D eigenvalue weighted by molar-refractivity contribution is 5.98. The molecule has 1 aromatic rings. The van der Waals surface area contributed by atoms with Crippen LogP contribution in [0.25, 0.3) is 0 Å². The van der Waals surface area contributed by atoms with Crippen molar-refractivity contribution in [2.24, 2.45) is 11.3 Å². The summed E-state index contributed by atoms with van der Waals surface area (Å²) in [6.07, 6.45) is 2.25. The average Bonchev–Trinajstić information content (AvgIpc) is 3.17. The van der Waals surface area contributed by atoms with E-state index in [9.17, 15) is 23.9 Å². The maximum absolute atomic E-state index is 13.7. The third-order valence-electron chi connectivity index (χ3n) is 5.69. The molecule has 1 aromatic carbocycles. The van der Waals surface area contributed by atoms with E-state index in [1.54, 1.807) is 4.90 Å². The Hall–Kier alpha value is -2.44. The standard InChI is InChI=1S/C19H22FNO5/c1-26-16-6-4-12(9-14(16)20)15(22)5-7-17(23)21-10-13-3-2-8-19(13,11-21)18(24)25/h4,6,9,13H,2-3,5,7-8,10-11H2,1H3,(H,24,25)/t13-,19+/m0/s1. The molecule has 1 aliphatic heterocycles. The number of nitrogens with zero attached hydrogens (tertiary/aromatic N) is 1. The monoisotopic (exact) mass is 363 g/mol. The molecule has 1 N–H and O–H groups in total. The molecule has 3 rings (SSSR count). The molecule has 1 heterocycles. The predicted octanol–water partition coefficient (Wildman–Crippen LogP) is 2.51. The maximum Gasteiger partial charge on any atom is 0.311 e. The van der Waals surface area contributed by atoms with Crippen molar-refractivity contribution >= 4 is 17.7 Å². The van der Waals surface area contributed by atoms with Crippen LogP contribution in [0.5, 0.6) is 5.75 Å². The number of carbonyl (C=O) groups excluding carboxylic acids is 2. The summed E-state index contributed by atoms with van der Waals surface area (Å²) in [4.78, 5) is 37.9. The Labute approximate surface area is 150 Å². The second kappa shape index (κ2) is 7.05. The summed E-state index contributed by atoms with van der Waals surface area (Å²) in [5.74, 6) is -1.95. The zero-order valence-electron chi connectivity index (χ0n) is 14.7. The lowest BCUT2D eigenvalue weighted by Gasteiger charge is -2.23. The zero-order valence-corrected chi connectivity index (χ0v) is 14.7. The second-order valence-electron chi connectivity index (χ2n) is 7.10. The molecular formula is C19H22FNO5. The van der Waals surface area contributed by atoms with Crippen molar-refractivity contribution in [3.8, 4) is 5.75 Å². The summed E-state index contributed by atoms with van der Waals surface area (Å²) in [6, 6.07) is 3.95. The Kier molecular flexibility index (Phi) is 4.98. The highest BCUT2D eigenvalue weighted by Crippen LogP contribution is 2.49. The minimum Gasteiger partial charge on any atom is -0.494 e. The molecule has 1 saturated carbocycles. The fraction of sp³-hybridized carbons (Fsp3) is 0.526. The zero-order chi connectivity index (χ0) is 18.9. The largest absolute Gasteiger partial charge is 0.494 e. The Morgan fingerprint density at radius 2 is 2.12 bits per heavy atom. The van der Waals surface area contributed by atoms with Crippen LogP contribution in [0.15, 0.2) is 18.2 Å².